The summed E-state index contributed by atoms with van der Waals surface area (Å²) in [4.78, 5) is 11.6. The van der Waals surface area contributed by atoms with Crippen LogP contribution in [0.2, 0.25) is 5.02 Å². The maximum absolute atomic E-state index is 13.0. The van der Waals surface area contributed by atoms with Crippen LogP contribution in [-0.2, 0) is 16.1 Å². The van der Waals surface area contributed by atoms with E-state index in [4.69, 9.17) is 16.3 Å². The van der Waals surface area contributed by atoms with Crippen molar-refractivity contribution in [3.63, 3.8) is 0 Å². The normalized spacial score (nSPS) is 12.5. The highest BCUT2D eigenvalue weighted by Gasteiger charge is 2.19. The SMILES string of the molecule is COC(=O)C(CC(C)C)NCc1ccc(F)c(Cl)c1. The molecular formula is C14H19ClFNO2. The summed E-state index contributed by atoms with van der Waals surface area (Å²) in [5.74, 6) is -0.368. The van der Waals surface area contributed by atoms with Crippen molar-refractivity contribution in [2.45, 2.75) is 32.9 Å². The molecule has 0 aliphatic carbocycles. The zero-order chi connectivity index (χ0) is 14.4. The summed E-state index contributed by atoms with van der Waals surface area (Å²) in [6.45, 7) is 4.51. The molecule has 0 aliphatic heterocycles. The Morgan fingerprint density at radius 3 is 2.68 bits per heavy atom. The summed E-state index contributed by atoms with van der Waals surface area (Å²) >= 11 is 5.71. The van der Waals surface area contributed by atoms with Gasteiger partial charge >= 0.3 is 5.97 Å². The van der Waals surface area contributed by atoms with Crippen LogP contribution < -0.4 is 5.32 Å². The van der Waals surface area contributed by atoms with E-state index in [0.717, 1.165) is 5.56 Å². The maximum Gasteiger partial charge on any atom is 0.322 e. The predicted molar refractivity (Wildman–Crippen MR) is 73.5 cm³/mol. The summed E-state index contributed by atoms with van der Waals surface area (Å²) in [6.07, 6.45) is 0.682. The molecule has 1 aromatic carbocycles. The Morgan fingerprint density at radius 1 is 1.47 bits per heavy atom. The molecule has 106 valence electrons. The van der Waals surface area contributed by atoms with E-state index in [1.807, 2.05) is 13.8 Å². The molecule has 0 amide bonds. The van der Waals surface area contributed by atoms with Crippen LogP contribution in [0.25, 0.3) is 0 Å². The molecule has 0 saturated carbocycles. The summed E-state index contributed by atoms with van der Waals surface area (Å²) in [5, 5.41) is 3.19. The number of carbonyl (C=O) groups is 1. The van der Waals surface area contributed by atoms with Crippen LogP contribution in [0, 0.1) is 11.7 Å². The molecule has 0 radical (unpaired) electrons. The molecule has 0 fully saturated rings. The lowest BCUT2D eigenvalue weighted by Crippen LogP contribution is -2.38. The van der Waals surface area contributed by atoms with Crippen molar-refractivity contribution in [3.05, 3.63) is 34.6 Å². The highest BCUT2D eigenvalue weighted by atomic mass is 35.5. The summed E-state index contributed by atoms with van der Waals surface area (Å²) in [6, 6.07) is 4.13. The van der Waals surface area contributed by atoms with E-state index in [0.29, 0.717) is 18.9 Å². The number of hydrogen-bond acceptors (Lipinski definition) is 3. The summed E-state index contributed by atoms with van der Waals surface area (Å²) < 4.78 is 17.8. The minimum atomic E-state index is -0.447. The van der Waals surface area contributed by atoms with Crippen molar-refractivity contribution in [1.29, 1.82) is 0 Å². The van der Waals surface area contributed by atoms with E-state index in [1.54, 1.807) is 12.1 Å². The van der Waals surface area contributed by atoms with E-state index in [2.05, 4.69) is 5.32 Å². The van der Waals surface area contributed by atoms with Gasteiger partial charge in [-0.25, -0.2) is 4.39 Å². The zero-order valence-corrected chi connectivity index (χ0v) is 12.1. The van der Waals surface area contributed by atoms with Gasteiger partial charge in [-0.3, -0.25) is 4.79 Å². The van der Waals surface area contributed by atoms with Crippen LogP contribution in [0.15, 0.2) is 18.2 Å². The molecule has 0 aliphatic rings. The van der Waals surface area contributed by atoms with Crippen LogP contribution in [0.4, 0.5) is 4.39 Å². The monoisotopic (exact) mass is 287 g/mol. The number of benzene rings is 1. The molecule has 0 saturated heterocycles. The lowest BCUT2D eigenvalue weighted by Gasteiger charge is -2.18. The average molecular weight is 288 g/mol. The van der Waals surface area contributed by atoms with Crippen LogP contribution in [0.1, 0.15) is 25.8 Å². The van der Waals surface area contributed by atoms with Gasteiger partial charge in [-0.05, 0) is 30.0 Å². The van der Waals surface area contributed by atoms with Crippen molar-refractivity contribution in [2.75, 3.05) is 7.11 Å². The molecule has 1 N–H and O–H groups in total. The Kier molecular flexibility index (Phi) is 6.25. The van der Waals surface area contributed by atoms with Crippen molar-refractivity contribution in [2.24, 2.45) is 5.92 Å². The third-order valence-electron chi connectivity index (χ3n) is 2.73. The predicted octanol–water partition coefficient (Wildman–Crippen LogP) is 3.16. The van der Waals surface area contributed by atoms with Crippen LogP contribution in [0.5, 0.6) is 0 Å². The second kappa shape index (κ2) is 7.46. The molecular weight excluding hydrogens is 269 g/mol. The molecule has 3 nitrogen and oxygen atoms in total. The minimum Gasteiger partial charge on any atom is -0.468 e. The summed E-state index contributed by atoms with van der Waals surface area (Å²) in [5.41, 5.74) is 0.823. The largest absolute Gasteiger partial charge is 0.468 e. The van der Waals surface area contributed by atoms with Crippen LogP contribution in [0.3, 0.4) is 0 Å². The van der Waals surface area contributed by atoms with Gasteiger partial charge in [-0.15, -0.1) is 0 Å². The standard InChI is InChI=1S/C14H19ClFNO2/c1-9(2)6-13(14(18)19-3)17-8-10-4-5-12(16)11(15)7-10/h4-5,7,9,13,17H,6,8H2,1-3H3. The molecule has 0 aromatic heterocycles. The highest BCUT2D eigenvalue weighted by molar-refractivity contribution is 6.30. The number of nitrogens with one attached hydrogen (secondary N) is 1. The first kappa shape index (κ1) is 15.9. The fourth-order valence-electron chi connectivity index (χ4n) is 1.77. The number of rotatable bonds is 6. The van der Waals surface area contributed by atoms with E-state index in [-0.39, 0.29) is 17.0 Å². The number of esters is 1. The molecule has 1 atom stereocenters. The molecule has 1 aromatic rings. The van der Waals surface area contributed by atoms with Crippen LogP contribution >= 0.6 is 11.6 Å². The Balaban J connectivity index is 2.64. The molecule has 1 unspecified atom stereocenters. The highest BCUT2D eigenvalue weighted by Crippen LogP contribution is 2.16. The van der Waals surface area contributed by atoms with Gasteiger partial charge in [-0.1, -0.05) is 31.5 Å². The topological polar surface area (TPSA) is 38.3 Å². The van der Waals surface area contributed by atoms with Crippen molar-refractivity contribution in [3.8, 4) is 0 Å². The third-order valence-corrected chi connectivity index (χ3v) is 3.02. The van der Waals surface area contributed by atoms with Gasteiger partial charge in [0.25, 0.3) is 0 Å². The quantitative estimate of drug-likeness (QED) is 0.817. The molecule has 0 heterocycles. The average Bonchev–Trinajstić information content (AvgIpc) is 2.37. The van der Waals surface area contributed by atoms with Gasteiger partial charge < -0.3 is 10.1 Å². The lowest BCUT2D eigenvalue weighted by molar-refractivity contribution is -0.143. The van der Waals surface area contributed by atoms with Crippen molar-refractivity contribution < 1.29 is 13.9 Å². The first-order chi connectivity index (χ1) is 8.93. The van der Waals surface area contributed by atoms with Gasteiger partial charge in [0, 0.05) is 6.54 Å². The number of halogens is 2. The van der Waals surface area contributed by atoms with E-state index < -0.39 is 5.82 Å². The van der Waals surface area contributed by atoms with E-state index in [1.165, 1.54) is 13.2 Å². The third kappa shape index (κ3) is 5.17. The summed E-state index contributed by atoms with van der Waals surface area (Å²) in [7, 11) is 1.37. The zero-order valence-electron chi connectivity index (χ0n) is 11.4. The minimum absolute atomic E-state index is 0.0813. The molecule has 0 spiro atoms. The maximum atomic E-state index is 13.0. The van der Waals surface area contributed by atoms with Crippen LogP contribution in [-0.4, -0.2) is 19.1 Å². The van der Waals surface area contributed by atoms with Gasteiger partial charge in [0.1, 0.15) is 11.9 Å². The number of methoxy groups -OCH3 is 1. The molecule has 0 bridgehead atoms. The Labute approximate surface area is 118 Å². The lowest BCUT2D eigenvalue weighted by atomic mass is 10.0. The first-order valence-electron chi connectivity index (χ1n) is 6.19. The van der Waals surface area contributed by atoms with Gasteiger partial charge in [-0.2, -0.15) is 0 Å². The van der Waals surface area contributed by atoms with Crippen molar-refractivity contribution in [1.82, 2.24) is 5.32 Å². The molecule has 19 heavy (non-hydrogen) atoms. The van der Waals surface area contributed by atoms with Gasteiger partial charge in [0.05, 0.1) is 12.1 Å². The van der Waals surface area contributed by atoms with E-state index >= 15 is 0 Å². The first-order valence-corrected chi connectivity index (χ1v) is 6.57. The fraction of sp³-hybridized carbons (Fsp3) is 0.500. The number of ether oxygens (including phenoxy) is 1. The van der Waals surface area contributed by atoms with Crippen molar-refractivity contribution >= 4 is 17.6 Å². The number of hydrogen-bond donors (Lipinski definition) is 1. The Morgan fingerprint density at radius 2 is 2.16 bits per heavy atom. The van der Waals surface area contributed by atoms with E-state index in [9.17, 15) is 9.18 Å². The van der Waals surface area contributed by atoms with Gasteiger partial charge in [0.2, 0.25) is 0 Å². The smallest absolute Gasteiger partial charge is 0.322 e. The second-order valence-corrected chi connectivity index (χ2v) is 5.24. The second-order valence-electron chi connectivity index (χ2n) is 4.83. The molecule has 1 rings (SSSR count). The molecule has 5 heteroatoms. The van der Waals surface area contributed by atoms with Gasteiger partial charge in [0.15, 0.2) is 0 Å². The Hall–Kier alpha value is -1.13. The Bertz CT molecular complexity index is 437. The fourth-order valence-corrected chi connectivity index (χ4v) is 1.97. The number of carbonyl (C=O) groups excluding carboxylic acids is 1.